The van der Waals surface area contributed by atoms with Gasteiger partial charge in [0.15, 0.2) is 8.46 Å². The second kappa shape index (κ2) is 14.1. The number of benzene rings is 2. The third-order valence-corrected chi connectivity index (χ3v) is 6.57. The summed E-state index contributed by atoms with van der Waals surface area (Å²) in [6.07, 6.45) is -0.146. The molecule has 0 fully saturated rings. The molecule has 226 valence electrons. The number of alkyl halides is 3. The summed E-state index contributed by atoms with van der Waals surface area (Å²) in [5, 5.41) is 18.8. The fourth-order valence-electron chi connectivity index (χ4n) is 4.04. The van der Waals surface area contributed by atoms with Crippen molar-refractivity contribution in [1.82, 2.24) is 25.2 Å². The summed E-state index contributed by atoms with van der Waals surface area (Å²) in [5.41, 5.74) is 3.30. The van der Waals surface area contributed by atoms with E-state index in [1.54, 1.807) is 41.3 Å². The molecule has 4 N–H and O–H groups in total. The van der Waals surface area contributed by atoms with Gasteiger partial charge < -0.3 is 20.5 Å². The zero-order valence-corrected chi connectivity index (χ0v) is 23.9. The van der Waals surface area contributed by atoms with E-state index in [2.05, 4.69) is 31.2 Å². The molecule has 12 nitrogen and oxygen atoms in total. The molecule has 2 aromatic carbocycles. The number of hydrogen-bond donors (Lipinski definition) is 4. The van der Waals surface area contributed by atoms with Crippen LogP contribution in [-0.2, 0) is 28.3 Å². The second-order valence-corrected chi connectivity index (χ2v) is 9.56. The number of ether oxygens (including phenoxy) is 1. The molecule has 0 unspecified atom stereocenters. The van der Waals surface area contributed by atoms with Gasteiger partial charge in [-0.05, 0) is 41.8 Å². The highest BCUT2D eigenvalue weighted by Gasteiger charge is 2.36. The lowest BCUT2D eigenvalue weighted by atomic mass is 10.0. The van der Waals surface area contributed by atoms with Crippen molar-refractivity contribution >= 4 is 37.5 Å². The van der Waals surface area contributed by atoms with Crippen LogP contribution < -0.4 is 20.9 Å². The SMILES string of the molecule is CONC(=O)c1cc(-c2cnn(CCCO)c2)ccc1Nc1nc(Nc2ccc(CP=O)cc2OC)ncc1C(F)(F)F. The Bertz CT molecular complexity index is 1600. The van der Waals surface area contributed by atoms with Crippen LogP contribution in [0.1, 0.15) is 27.9 Å². The number of aliphatic hydroxyl groups is 1. The van der Waals surface area contributed by atoms with Crippen molar-refractivity contribution < 1.29 is 37.2 Å². The van der Waals surface area contributed by atoms with Crippen molar-refractivity contribution in [2.45, 2.75) is 25.3 Å². The Labute approximate surface area is 245 Å². The summed E-state index contributed by atoms with van der Waals surface area (Å²) in [6, 6.07) is 9.45. The Balaban J connectivity index is 1.71. The molecule has 0 spiro atoms. The fraction of sp³-hybridized carbons (Fsp3) is 0.259. The summed E-state index contributed by atoms with van der Waals surface area (Å²) in [5.74, 6) is -1.17. The van der Waals surface area contributed by atoms with Gasteiger partial charge in [0.25, 0.3) is 5.91 Å². The highest BCUT2D eigenvalue weighted by atomic mass is 31.1. The van der Waals surface area contributed by atoms with E-state index in [0.717, 1.165) is 5.56 Å². The van der Waals surface area contributed by atoms with E-state index in [9.17, 15) is 22.5 Å². The number of anilines is 4. The molecule has 0 atom stereocenters. The molecule has 4 rings (SSSR count). The van der Waals surface area contributed by atoms with E-state index in [4.69, 9.17) is 14.7 Å². The quantitative estimate of drug-likeness (QED) is 0.115. The van der Waals surface area contributed by atoms with Crippen LogP contribution >= 0.6 is 8.46 Å². The number of nitrogens with one attached hydrogen (secondary N) is 3. The zero-order valence-electron chi connectivity index (χ0n) is 23.0. The number of rotatable bonds is 13. The van der Waals surface area contributed by atoms with E-state index in [0.29, 0.717) is 41.7 Å². The topological polar surface area (TPSA) is 153 Å². The van der Waals surface area contributed by atoms with Crippen LogP contribution in [0.25, 0.3) is 11.1 Å². The Morgan fingerprint density at radius 2 is 1.86 bits per heavy atom. The first-order chi connectivity index (χ1) is 20.7. The summed E-state index contributed by atoms with van der Waals surface area (Å²) in [4.78, 5) is 25.5. The van der Waals surface area contributed by atoms with Crippen molar-refractivity contribution in [2.75, 3.05) is 31.5 Å². The van der Waals surface area contributed by atoms with Gasteiger partial charge in [0.2, 0.25) is 5.95 Å². The van der Waals surface area contributed by atoms with Gasteiger partial charge in [-0.25, -0.2) is 10.5 Å². The maximum Gasteiger partial charge on any atom is 0.421 e. The van der Waals surface area contributed by atoms with Gasteiger partial charge in [0.1, 0.15) is 17.1 Å². The van der Waals surface area contributed by atoms with E-state index in [1.807, 2.05) is 0 Å². The molecule has 4 aromatic rings. The lowest BCUT2D eigenvalue weighted by molar-refractivity contribution is -0.137. The Morgan fingerprint density at radius 3 is 2.56 bits per heavy atom. The van der Waals surface area contributed by atoms with Crippen LogP contribution in [0, 0.1) is 0 Å². The van der Waals surface area contributed by atoms with Gasteiger partial charge in [-0.15, -0.1) is 0 Å². The van der Waals surface area contributed by atoms with Crippen molar-refractivity contribution in [1.29, 1.82) is 0 Å². The Kier molecular flexibility index (Phi) is 10.2. The van der Waals surface area contributed by atoms with Gasteiger partial charge in [-0.1, -0.05) is 12.1 Å². The second-order valence-electron chi connectivity index (χ2n) is 8.99. The highest BCUT2D eigenvalue weighted by molar-refractivity contribution is 7.22. The van der Waals surface area contributed by atoms with Gasteiger partial charge in [0.05, 0.1) is 43.5 Å². The molecule has 0 aliphatic rings. The average molecular weight is 618 g/mol. The molecule has 16 heteroatoms. The molecule has 2 aromatic heterocycles. The largest absolute Gasteiger partial charge is 0.495 e. The summed E-state index contributed by atoms with van der Waals surface area (Å²) in [6.45, 7) is 0.479. The van der Waals surface area contributed by atoms with Crippen LogP contribution in [0.2, 0.25) is 0 Å². The average Bonchev–Trinajstić information content (AvgIpc) is 3.46. The maximum absolute atomic E-state index is 14.0. The summed E-state index contributed by atoms with van der Waals surface area (Å²) in [7, 11) is 2.56. The standard InChI is InChI=1S/C27H27F3N7O5P/c1-41-23-10-16(15-43-40)4-6-22(23)34-26-31-13-20(27(28,29)30)24(35-26)33-21-7-5-17(11-19(21)25(39)36-42-2)18-12-32-37(14-18)8-3-9-38/h4-7,10-14,38H,3,8-9,15H2,1-2H3,(H,36,39)(H2,31,33,34,35). The number of carbonyl (C=O) groups is 1. The van der Waals surface area contributed by atoms with Crippen molar-refractivity contribution in [3.63, 3.8) is 0 Å². The number of aliphatic hydroxyl groups excluding tert-OH is 1. The molecule has 2 heterocycles. The van der Waals surface area contributed by atoms with Crippen molar-refractivity contribution in [2.24, 2.45) is 0 Å². The molecule has 0 bridgehead atoms. The minimum atomic E-state index is -4.82. The number of nitrogens with zero attached hydrogens (tertiary/aromatic N) is 4. The first-order valence-electron chi connectivity index (χ1n) is 12.7. The number of carbonyl (C=O) groups excluding carboxylic acids is 1. The zero-order chi connectivity index (χ0) is 31.0. The molecule has 43 heavy (non-hydrogen) atoms. The van der Waals surface area contributed by atoms with Gasteiger partial charge in [-0.2, -0.15) is 23.3 Å². The monoisotopic (exact) mass is 617 g/mol. The number of hydrogen-bond acceptors (Lipinski definition) is 10. The van der Waals surface area contributed by atoms with Crippen molar-refractivity contribution in [3.05, 3.63) is 71.7 Å². The van der Waals surface area contributed by atoms with Gasteiger partial charge >= 0.3 is 6.18 Å². The fourth-order valence-corrected chi connectivity index (χ4v) is 4.39. The number of aryl methyl sites for hydroxylation is 1. The summed E-state index contributed by atoms with van der Waals surface area (Å²) < 4.78 is 59.9. The first kappa shape index (κ1) is 31.3. The number of halogens is 3. The number of methoxy groups -OCH3 is 1. The third-order valence-electron chi connectivity index (χ3n) is 6.08. The first-order valence-corrected chi connectivity index (χ1v) is 13.7. The van der Waals surface area contributed by atoms with Gasteiger partial charge in [-0.3, -0.25) is 18.9 Å². The molecule has 0 aliphatic heterocycles. The predicted molar refractivity (Wildman–Crippen MR) is 152 cm³/mol. The molecule has 0 aliphatic carbocycles. The van der Waals surface area contributed by atoms with Crippen LogP contribution in [-0.4, -0.2) is 51.6 Å². The minimum absolute atomic E-state index is 0.000792. The normalized spacial score (nSPS) is 11.4. The summed E-state index contributed by atoms with van der Waals surface area (Å²) >= 11 is 0. The van der Waals surface area contributed by atoms with E-state index >= 15 is 0 Å². The molecular formula is C27H27F3N7O5P. The van der Waals surface area contributed by atoms with E-state index in [1.165, 1.54) is 26.4 Å². The van der Waals surface area contributed by atoms with E-state index < -0.39 is 23.5 Å². The molecule has 0 radical (unpaired) electrons. The predicted octanol–water partition coefficient (Wildman–Crippen LogP) is 5.32. The number of amides is 1. The maximum atomic E-state index is 14.0. The van der Waals surface area contributed by atoms with Crippen LogP contribution in [0.5, 0.6) is 5.75 Å². The lowest BCUT2D eigenvalue weighted by Gasteiger charge is -2.18. The van der Waals surface area contributed by atoms with Crippen molar-refractivity contribution in [3.8, 4) is 16.9 Å². The Hall–Kier alpha value is -4.59. The minimum Gasteiger partial charge on any atom is -0.495 e. The molecule has 1 amide bonds. The third kappa shape index (κ3) is 7.83. The lowest BCUT2D eigenvalue weighted by Crippen LogP contribution is -2.23. The number of aromatic nitrogens is 4. The highest BCUT2D eigenvalue weighted by Crippen LogP contribution is 2.37. The Morgan fingerprint density at radius 1 is 1.07 bits per heavy atom. The number of hydroxylamine groups is 1. The van der Waals surface area contributed by atoms with Crippen LogP contribution in [0.3, 0.4) is 0 Å². The van der Waals surface area contributed by atoms with E-state index in [-0.39, 0.29) is 38.4 Å². The smallest absolute Gasteiger partial charge is 0.421 e. The van der Waals surface area contributed by atoms with Crippen LogP contribution in [0.15, 0.2) is 55.0 Å². The molecule has 0 saturated carbocycles. The molecule has 0 saturated heterocycles. The van der Waals surface area contributed by atoms with Crippen LogP contribution in [0.4, 0.5) is 36.3 Å². The van der Waals surface area contributed by atoms with Gasteiger partial charge in [0, 0.05) is 31.1 Å². The molecular weight excluding hydrogens is 590 g/mol.